The number of benzene rings is 1. The lowest BCUT2D eigenvalue weighted by Gasteiger charge is -2.35. The molecular weight excluding hydrogens is 317 g/mol. The summed E-state index contributed by atoms with van der Waals surface area (Å²) >= 11 is 5.77. The smallest absolute Gasteiger partial charge is 0.243 e. The highest BCUT2D eigenvalue weighted by molar-refractivity contribution is 7.89. The first-order chi connectivity index (χ1) is 9.70. The van der Waals surface area contributed by atoms with Gasteiger partial charge in [-0.1, -0.05) is 18.5 Å². The second-order valence-corrected chi connectivity index (χ2v) is 7.68. The first-order valence-corrected chi connectivity index (χ1v) is 8.52. The number of nitrogens with two attached hydrogens (primary N) is 1. The van der Waals surface area contributed by atoms with Crippen LogP contribution in [-0.2, 0) is 10.0 Å². The fourth-order valence-electron chi connectivity index (χ4n) is 2.57. The van der Waals surface area contributed by atoms with E-state index in [1.165, 1.54) is 6.07 Å². The van der Waals surface area contributed by atoms with Crippen molar-refractivity contribution in [3.63, 3.8) is 0 Å². The summed E-state index contributed by atoms with van der Waals surface area (Å²) in [6.45, 7) is 3.54. The summed E-state index contributed by atoms with van der Waals surface area (Å²) in [5.41, 5.74) is 5.16. The Labute approximate surface area is 129 Å². The zero-order chi connectivity index (χ0) is 15.8. The summed E-state index contributed by atoms with van der Waals surface area (Å²) in [5.74, 6) is -0.828. The Kier molecular flexibility index (Phi) is 4.77. The Hall–Kier alpha value is -0.890. The number of rotatable bonds is 3. The number of likely N-dealkylation sites (tertiary alicyclic amines) is 1. The second kappa shape index (κ2) is 6.08. The van der Waals surface area contributed by atoms with E-state index in [0.29, 0.717) is 6.42 Å². The Morgan fingerprint density at radius 3 is 2.76 bits per heavy atom. The Bertz CT molecular complexity index is 639. The van der Waals surface area contributed by atoms with E-state index in [2.05, 4.69) is 9.62 Å². The van der Waals surface area contributed by atoms with Crippen LogP contribution in [0.1, 0.15) is 13.3 Å². The number of nitrogens with zero attached hydrogens (tertiary/aromatic N) is 1. The number of anilines is 1. The minimum Gasteiger partial charge on any atom is -0.396 e. The quantitative estimate of drug-likeness (QED) is 0.824. The van der Waals surface area contributed by atoms with Crippen molar-refractivity contribution in [2.75, 3.05) is 25.9 Å². The van der Waals surface area contributed by atoms with E-state index >= 15 is 0 Å². The molecule has 1 aromatic rings. The average Bonchev–Trinajstić information content (AvgIpc) is 2.37. The van der Waals surface area contributed by atoms with Gasteiger partial charge in [0.25, 0.3) is 0 Å². The highest BCUT2D eigenvalue weighted by Crippen LogP contribution is 2.26. The van der Waals surface area contributed by atoms with Gasteiger partial charge in [-0.05, 0) is 38.1 Å². The van der Waals surface area contributed by atoms with E-state index in [0.717, 1.165) is 19.2 Å². The molecule has 1 fully saturated rings. The van der Waals surface area contributed by atoms with E-state index in [-0.39, 0.29) is 22.7 Å². The van der Waals surface area contributed by atoms with Crippen LogP contribution < -0.4 is 10.5 Å². The molecule has 8 heteroatoms. The second-order valence-electron chi connectivity index (χ2n) is 5.56. The SMILES string of the molecule is CC1CN(C)CCC1NS(=O)(=O)c1cc(Cl)cc(N)c1F. The van der Waals surface area contributed by atoms with Crippen LogP contribution in [0, 0.1) is 11.7 Å². The third-order valence-electron chi connectivity index (χ3n) is 3.74. The first-order valence-electron chi connectivity index (χ1n) is 6.66. The van der Waals surface area contributed by atoms with Crippen LogP contribution in [0.3, 0.4) is 0 Å². The number of hydrogen-bond donors (Lipinski definition) is 2. The summed E-state index contributed by atoms with van der Waals surface area (Å²) in [5, 5.41) is 0.0886. The zero-order valence-electron chi connectivity index (χ0n) is 11.9. The van der Waals surface area contributed by atoms with Crippen molar-refractivity contribution in [3.8, 4) is 0 Å². The van der Waals surface area contributed by atoms with Crippen molar-refractivity contribution < 1.29 is 12.8 Å². The standard InChI is InChI=1S/C13H19ClFN3O2S/c1-8-7-18(2)4-3-11(8)17-21(19,20)12-6-9(14)5-10(16)13(12)15/h5-6,8,11,17H,3-4,7,16H2,1-2H3. The molecule has 0 aromatic heterocycles. The normalized spacial score (nSPS) is 24.2. The van der Waals surface area contributed by atoms with Gasteiger partial charge in [0.05, 0.1) is 5.69 Å². The van der Waals surface area contributed by atoms with Crippen LogP contribution >= 0.6 is 11.6 Å². The molecule has 1 aliphatic rings. The van der Waals surface area contributed by atoms with Gasteiger partial charge >= 0.3 is 0 Å². The Balaban J connectivity index is 2.27. The van der Waals surface area contributed by atoms with Gasteiger partial charge in [-0.3, -0.25) is 0 Å². The van der Waals surface area contributed by atoms with E-state index in [4.69, 9.17) is 17.3 Å². The van der Waals surface area contributed by atoms with E-state index < -0.39 is 20.7 Å². The van der Waals surface area contributed by atoms with Crippen LogP contribution in [0.4, 0.5) is 10.1 Å². The van der Waals surface area contributed by atoms with Crippen LogP contribution in [-0.4, -0.2) is 39.5 Å². The first kappa shape index (κ1) is 16.5. The maximum atomic E-state index is 14.0. The highest BCUT2D eigenvalue weighted by atomic mass is 35.5. The van der Waals surface area contributed by atoms with Gasteiger partial charge in [0.15, 0.2) is 5.82 Å². The van der Waals surface area contributed by atoms with Crippen LogP contribution in [0.25, 0.3) is 0 Å². The average molecular weight is 336 g/mol. The molecule has 0 bridgehead atoms. The Morgan fingerprint density at radius 2 is 2.14 bits per heavy atom. The largest absolute Gasteiger partial charge is 0.396 e. The Morgan fingerprint density at radius 1 is 1.48 bits per heavy atom. The summed E-state index contributed by atoms with van der Waals surface area (Å²) in [6, 6.07) is 2.04. The number of nitrogen functional groups attached to an aromatic ring is 1. The van der Waals surface area contributed by atoms with Gasteiger partial charge in [0.2, 0.25) is 10.0 Å². The molecule has 21 heavy (non-hydrogen) atoms. The number of halogens is 2. The lowest BCUT2D eigenvalue weighted by molar-refractivity contribution is 0.188. The van der Waals surface area contributed by atoms with Gasteiger partial charge in [0.1, 0.15) is 4.90 Å². The highest BCUT2D eigenvalue weighted by Gasteiger charge is 2.30. The van der Waals surface area contributed by atoms with Crippen molar-refractivity contribution in [1.29, 1.82) is 0 Å². The molecule has 3 N–H and O–H groups in total. The maximum absolute atomic E-state index is 14.0. The molecule has 0 spiro atoms. The molecule has 0 saturated carbocycles. The van der Waals surface area contributed by atoms with E-state index in [1.54, 1.807) is 0 Å². The molecular formula is C13H19ClFN3O2S. The van der Waals surface area contributed by atoms with E-state index in [9.17, 15) is 12.8 Å². The summed E-state index contributed by atoms with van der Waals surface area (Å²) in [7, 11) is -2.01. The fourth-order valence-corrected chi connectivity index (χ4v) is 4.37. The lowest BCUT2D eigenvalue weighted by Crippen LogP contribution is -2.48. The summed E-state index contributed by atoms with van der Waals surface area (Å²) < 4.78 is 41.3. The minimum absolute atomic E-state index is 0.0886. The van der Waals surface area contributed by atoms with Gasteiger partial charge in [-0.2, -0.15) is 0 Å². The third-order valence-corrected chi connectivity index (χ3v) is 5.44. The van der Waals surface area contributed by atoms with Gasteiger partial charge < -0.3 is 10.6 Å². The molecule has 0 amide bonds. The number of sulfonamides is 1. The molecule has 118 valence electrons. The molecule has 1 saturated heterocycles. The van der Waals surface area contributed by atoms with Crippen molar-refractivity contribution >= 4 is 27.3 Å². The van der Waals surface area contributed by atoms with Crippen molar-refractivity contribution in [2.24, 2.45) is 5.92 Å². The summed E-state index contributed by atoms with van der Waals surface area (Å²) in [6.07, 6.45) is 0.675. The van der Waals surface area contributed by atoms with Crippen LogP contribution in [0.2, 0.25) is 5.02 Å². The van der Waals surface area contributed by atoms with Gasteiger partial charge in [0, 0.05) is 17.6 Å². The lowest BCUT2D eigenvalue weighted by atomic mass is 9.95. The van der Waals surface area contributed by atoms with Crippen molar-refractivity contribution in [3.05, 3.63) is 23.0 Å². The molecule has 0 aliphatic carbocycles. The molecule has 1 heterocycles. The van der Waals surface area contributed by atoms with Crippen LogP contribution in [0.5, 0.6) is 0 Å². The fraction of sp³-hybridized carbons (Fsp3) is 0.538. The predicted octanol–water partition coefficient (Wildman–Crippen LogP) is 1.68. The minimum atomic E-state index is -3.99. The number of hydrogen-bond acceptors (Lipinski definition) is 4. The van der Waals surface area contributed by atoms with Gasteiger partial charge in [-0.15, -0.1) is 0 Å². The monoisotopic (exact) mass is 335 g/mol. The molecule has 2 unspecified atom stereocenters. The zero-order valence-corrected chi connectivity index (χ0v) is 13.5. The molecule has 1 aromatic carbocycles. The molecule has 1 aliphatic heterocycles. The van der Waals surface area contributed by atoms with Crippen molar-refractivity contribution in [2.45, 2.75) is 24.3 Å². The summed E-state index contributed by atoms with van der Waals surface area (Å²) in [4.78, 5) is 1.63. The van der Waals surface area contributed by atoms with Crippen LogP contribution in [0.15, 0.2) is 17.0 Å². The van der Waals surface area contributed by atoms with Crippen molar-refractivity contribution in [1.82, 2.24) is 9.62 Å². The van der Waals surface area contributed by atoms with Gasteiger partial charge in [-0.25, -0.2) is 17.5 Å². The molecule has 2 atom stereocenters. The molecule has 2 rings (SSSR count). The number of piperidine rings is 1. The number of nitrogens with one attached hydrogen (secondary N) is 1. The topological polar surface area (TPSA) is 75.4 Å². The maximum Gasteiger partial charge on any atom is 0.243 e. The predicted molar refractivity (Wildman–Crippen MR) is 81.2 cm³/mol. The third kappa shape index (κ3) is 3.66. The van der Waals surface area contributed by atoms with E-state index in [1.807, 2.05) is 14.0 Å². The molecule has 5 nitrogen and oxygen atoms in total. The molecule has 0 radical (unpaired) electrons.